The van der Waals surface area contributed by atoms with Crippen molar-refractivity contribution in [3.8, 4) is 0 Å². The van der Waals surface area contributed by atoms with Gasteiger partial charge in [-0.25, -0.2) is 9.78 Å². The number of fused-ring (bicyclic) bond motifs is 1. The van der Waals surface area contributed by atoms with Crippen LogP contribution in [0.15, 0.2) is 58.9 Å². The number of carbonyl (C=O) groups is 1. The number of rotatable bonds is 5. The molecular weight excluding hydrogens is 304 g/mol. The molecule has 6 heteroatoms. The number of hydrogen-bond acceptors (Lipinski definition) is 5. The van der Waals surface area contributed by atoms with Crippen LogP contribution in [0, 0.1) is 0 Å². The fraction of sp³-hybridized carbons (Fsp3) is 0.222. The van der Waals surface area contributed by atoms with E-state index in [0.29, 0.717) is 17.2 Å². The van der Waals surface area contributed by atoms with Gasteiger partial charge in [0.25, 0.3) is 0 Å². The van der Waals surface area contributed by atoms with Gasteiger partial charge >= 0.3 is 5.97 Å². The Bertz CT molecular complexity index is 882. The average molecular weight is 322 g/mol. The molecule has 0 aliphatic carbocycles. The number of imidazole rings is 1. The molecule has 0 fully saturated rings. The predicted molar refractivity (Wildman–Crippen MR) is 91.1 cm³/mol. The molecule has 0 aliphatic rings. The monoisotopic (exact) mass is 322 g/mol. The van der Waals surface area contributed by atoms with Crippen molar-refractivity contribution in [1.29, 1.82) is 0 Å². The minimum atomic E-state index is -0.503. The van der Waals surface area contributed by atoms with Crippen LogP contribution in [0.4, 0.5) is 11.5 Å². The van der Waals surface area contributed by atoms with E-state index < -0.39 is 5.97 Å². The predicted octanol–water partition coefficient (Wildman–Crippen LogP) is 4.49. The first kappa shape index (κ1) is 15.9. The Morgan fingerprint density at radius 2 is 1.92 bits per heavy atom. The van der Waals surface area contributed by atoms with Crippen molar-refractivity contribution in [2.45, 2.75) is 20.3 Å². The molecule has 2 heterocycles. The molecule has 0 aliphatic heterocycles. The summed E-state index contributed by atoms with van der Waals surface area (Å²) < 4.78 is 6.78. The average Bonchev–Trinajstić information content (AvgIpc) is 2.99. The van der Waals surface area contributed by atoms with Gasteiger partial charge in [0.2, 0.25) is 0 Å². The van der Waals surface area contributed by atoms with Crippen LogP contribution in [0.5, 0.6) is 0 Å². The number of hydrogen-bond donors (Lipinski definition) is 0. The van der Waals surface area contributed by atoms with Gasteiger partial charge in [0.15, 0.2) is 11.5 Å². The zero-order chi connectivity index (χ0) is 16.9. The maximum absolute atomic E-state index is 12.1. The van der Waals surface area contributed by atoms with Crippen LogP contribution in [0.25, 0.3) is 5.65 Å². The Hall–Kier alpha value is -3.02. The van der Waals surface area contributed by atoms with Gasteiger partial charge in [-0.2, -0.15) is 0 Å². The smallest absolute Gasteiger partial charge is 0.360 e. The highest BCUT2D eigenvalue weighted by Crippen LogP contribution is 2.25. The number of pyridine rings is 1. The minimum absolute atomic E-state index is 0.164. The molecule has 0 amide bonds. The van der Waals surface area contributed by atoms with Crippen LogP contribution < -0.4 is 0 Å². The van der Waals surface area contributed by atoms with Gasteiger partial charge in [0.05, 0.1) is 12.3 Å². The van der Waals surface area contributed by atoms with Crippen LogP contribution in [0.2, 0.25) is 0 Å². The highest BCUT2D eigenvalue weighted by Gasteiger charge is 2.20. The van der Waals surface area contributed by atoms with Crippen molar-refractivity contribution in [2.24, 2.45) is 10.2 Å². The lowest BCUT2D eigenvalue weighted by Gasteiger charge is -2.00. The summed E-state index contributed by atoms with van der Waals surface area (Å²) in [7, 11) is 0. The summed E-state index contributed by atoms with van der Waals surface area (Å²) in [6.45, 7) is 4.13. The van der Waals surface area contributed by atoms with Crippen LogP contribution in [0.1, 0.15) is 29.9 Å². The van der Waals surface area contributed by atoms with Gasteiger partial charge in [-0.1, -0.05) is 25.1 Å². The van der Waals surface area contributed by atoms with Crippen molar-refractivity contribution in [3.63, 3.8) is 0 Å². The molecule has 122 valence electrons. The number of aryl methyl sites for hydroxylation is 1. The lowest BCUT2D eigenvalue weighted by molar-refractivity contribution is 0.0521. The molecular formula is C18H18N4O2. The second-order valence-corrected chi connectivity index (χ2v) is 5.15. The van der Waals surface area contributed by atoms with Gasteiger partial charge < -0.3 is 4.74 Å². The summed E-state index contributed by atoms with van der Waals surface area (Å²) in [5.74, 6) is -0.139. The molecule has 0 N–H and O–H groups in total. The molecule has 0 saturated heterocycles. The molecule has 0 spiro atoms. The highest BCUT2D eigenvalue weighted by molar-refractivity contribution is 5.93. The fourth-order valence-corrected chi connectivity index (χ4v) is 2.32. The Balaban J connectivity index is 2.01. The maximum Gasteiger partial charge on any atom is 0.360 e. The normalized spacial score (nSPS) is 11.2. The fourth-order valence-electron chi connectivity index (χ4n) is 2.32. The molecule has 0 bridgehead atoms. The van der Waals surface area contributed by atoms with E-state index in [-0.39, 0.29) is 12.3 Å². The van der Waals surface area contributed by atoms with Crippen molar-refractivity contribution in [1.82, 2.24) is 9.38 Å². The van der Waals surface area contributed by atoms with Crippen LogP contribution in [-0.2, 0) is 11.2 Å². The Morgan fingerprint density at radius 3 is 2.62 bits per heavy atom. The van der Waals surface area contributed by atoms with Gasteiger partial charge in [-0.15, -0.1) is 10.2 Å². The minimum Gasteiger partial charge on any atom is -0.461 e. The van der Waals surface area contributed by atoms with E-state index >= 15 is 0 Å². The first-order valence-electron chi connectivity index (χ1n) is 7.87. The van der Waals surface area contributed by atoms with Crippen molar-refractivity contribution in [2.75, 3.05) is 6.61 Å². The summed E-state index contributed by atoms with van der Waals surface area (Å²) >= 11 is 0. The number of carbonyl (C=O) groups excluding carboxylic acids is 1. The third kappa shape index (κ3) is 3.17. The Morgan fingerprint density at radius 1 is 1.12 bits per heavy atom. The first-order chi connectivity index (χ1) is 11.7. The van der Waals surface area contributed by atoms with Gasteiger partial charge in [0.1, 0.15) is 5.65 Å². The van der Waals surface area contributed by atoms with E-state index in [1.165, 1.54) is 5.56 Å². The topological polar surface area (TPSA) is 68.3 Å². The second kappa shape index (κ2) is 7.04. The molecule has 6 nitrogen and oxygen atoms in total. The molecule has 0 saturated carbocycles. The third-order valence-electron chi connectivity index (χ3n) is 3.58. The van der Waals surface area contributed by atoms with E-state index in [4.69, 9.17) is 4.74 Å². The number of benzene rings is 1. The summed E-state index contributed by atoms with van der Waals surface area (Å²) in [5.41, 5.74) is 2.73. The zero-order valence-corrected chi connectivity index (χ0v) is 13.6. The standard InChI is InChI=1S/C18H18N4O2/c1-3-13-8-10-14(11-9-13)20-21-17-16(18(23)24-4-2)19-15-7-5-6-12-22(15)17/h5-12H,3-4H2,1-2H3. The summed E-state index contributed by atoms with van der Waals surface area (Å²) in [4.78, 5) is 16.4. The van der Waals surface area contributed by atoms with Crippen molar-refractivity contribution >= 4 is 23.1 Å². The van der Waals surface area contributed by atoms with Crippen LogP contribution in [-0.4, -0.2) is 22.0 Å². The number of aromatic nitrogens is 2. The molecule has 3 rings (SSSR count). The number of ether oxygens (including phenoxy) is 1. The van der Waals surface area contributed by atoms with Crippen molar-refractivity contribution in [3.05, 3.63) is 59.9 Å². The molecule has 0 unspecified atom stereocenters. The molecule has 2 aromatic heterocycles. The molecule has 24 heavy (non-hydrogen) atoms. The van der Waals surface area contributed by atoms with E-state index in [2.05, 4.69) is 22.1 Å². The number of esters is 1. The first-order valence-corrected chi connectivity index (χ1v) is 7.87. The van der Waals surface area contributed by atoms with Crippen LogP contribution in [0.3, 0.4) is 0 Å². The maximum atomic E-state index is 12.1. The summed E-state index contributed by atoms with van der Waals surface area (Å²) in [6, 6.07) is 13.3. The Kier molecular flexibility index (Phi) is 4.65. The van der Waals surface area contributed by atoms with Gasteiger partial charge in [-0.05, 0) is 43.2 Å². The SMILES string of the molecule is CCOC(=O)c1nc2ccccn2c1N=Nc1ccc(CC)cc1. The molecule has 0 atom stereocenters. The lowest BCUT2D eigenvalue weighted by Crippen LogP contribution is -2.05. The number of nitrogens with zero attached hydrogens (tertiary/aromatic N) is 4. The van der Waals surface area contributed by atoms with Gasteiger partial charge in [0, 0.05) is 6.20 Å². The van der Waals surface area contributed by atoms with Crippen molar-refractivity contribution < 1.29 is 9.53 Å². The van der Waals surface area contributed by atoms with Gasteiger partial charge in [-0.3, -0.25) is 4.40 Å². The highest BCUT2D eigenvalue weighted by atomic mass is 16.5. The summed E-state index contributed by atoms with van der Waals surface area (Å²) in [5, 5.41) is 8.48. The molecule has 3 aromatic rings. The largest absolute Gasteiger partial charge is 0.461 e. The quantitative estimate of drug-likeness (QED) is 0.513. The molecule has 0 radical (unpaired) electrons. The molecule has 1 aromatic carbocycles. The lowest BCUT2D eigenvalue weighted by atomic mass is 10.2. The van der Waals surface area contributed by atoms with E-state index in [9.17, 15) is 4.79 Å². The summed E-state index contributed by atoms with van der Waals surface area (Å²) in [6.07, 6.45) is 2.76. The Labute approximate surface area is 139 Å². The number of azo groups is 1. The van der Waals surface area contributed by atoms with E-state index in [1.54, 1.807) is 23.6 Å². The third-order valence-corrected chi connectivity index (χ3v) is 3.58. The zero-order valence-electron chi connectivity index (χ0n) is 13.6. The van der Waals surface area contributed by atoms with Crippen LogP contribution >= 0.6 is 0 Å². The van der Waals surface area contributed by atoms with E-state index in [1.807, 2.05) is 36.4 Å². The second-order valence-electron chi connectivity index (χ2n) is 5.15. The van der Waals surface area contributed by atoms with E-state index in [0.717, 1.165) is 6.42 Å².